The predicted molar refractivity (Wildman–Crippen MR) is 137 cm³/mol. The normalized spacial score (nSPS) is 15.6. The van der Waals surface area contributed by atoms with Gasteiger partial charge < -0.3 is 0 Å². The van der Waals surface area contributed by atoms with E-state index in [4.69, 9.17) is 1.37 Å². The first-order valence-electron chi connectivity index (χ1n) is 12.6. The van der Waals surface area contributed by atoms with Crippen LogP contribution in [0.4, 0.5) is 0 Å². The van der Waals surface area contributed by atoms with Crippen molar-refractivity contribution in [2.45, 2.75) is 71.6 Å². The van der Waals surface area contributed by atoms with E-state index in [0.29, 0.717) is 12.0 Å². The molecule has 3 aromatic carbocycles. The molecule has 4 aromatic rings. The van der Waals surface area contributed by atoms with E-state index in [-0.39, 0.29) is 5.41 Å². The molecule has 0 bridgehead atoms. The Labute approximate surface area is 194 Å². The van der Waals surface area contributed by atoms with Crippen molar-refractivity contribution in [1.82, 2.24) is 0 Å². The average Bonchev–Trinajstić information content (AvgIpc) is 3.33. The van der Waals surface area contributed by atoms with E-state index in [2.05, 4.69) is 94.8 Å². The van der Waals surface area contributed by atoms with Crippen molar-refractivity contribution in [2.24, 2.45) is 7.05 Å². The highest BCUT2D eigenvalue weighted by Gasteiger charge is 2.26. The quantitative estimate of drug-likeness (QED) is 0.287. The Bertz CT molecular complexity index is 1380. The first-order chi connectivity index (χ1) is 15.7. The van der Waals surface area contributed by atoms with Gasteiger partial charge in [-0.2, -0.15) is 4.57 Å². The van der Waals surface area contributed by atoms with Crippen molar-refractivity contribution in [1.29, 1.82) is 0 Å². The number of aryl methyl sites for hydroxylation is 1. The Morgan fingerprint density at radius 3 is 2.28 bits per heavy atom. The predicted octanol–water partition coefficient (Wildman–Crippen LogP) is 8.06. The summed E-state index contributed by atoms with van der Waals surface area (Å²) in [5, 5.41) is 4.95. The van der Waals surface area contributed by atoms with Crippen molar-refractivity contribution in [2.75, 3.05) is 0 Å². The molecule has 1 aliphatic carbocycles. The number of rotatable bonds is 2. The van der Waals surface area contributed by atoms with Gasteiger partial charge in [-0.15, -0.1) is 0 Å². The van der Waals surface area contributed by atoms with Crippen LogP contribution in [0.1, 0.15) is 76.1 Å². The minimum absolute atomic E-state index is 0.0382. The summed E-state index contributed by atoms with van der Waals surface area (Å²) in [6.07, 6.45) is 5.22. The van der Waals surface area contributed by atoms with Crippen LogP contribution >= 0.6 is 0 Å². The van der Waals surface area contributed by atoms with Crippen LogP contribution in [0.3, 0.4) is 0 Å². The van der Waals surface area contributed by atoms with E-state index < -0.39 is 0 Å². The topological polar surface area (TPSA) is 3.88 Å². The fraction of sp³-hybridized carbons (Fsp3) is 0.387. The van der Waals surface area contributed by atoms with E-state index >= 15 is 0 Å². The number of nitrogens with zero attached hydrogens (tertiary/aromatic N) is 1. The minimum atomic E-state index is 0.0382. The number of aromatic nitrogens is 1. The molecule has 0 saturated heterocycles. The summed E-state index contributed by atoms with van der Waals surface area (Å²) in [6.45, 7) is 11.3. The molecule has 0 radical (unpaired) electrons. The van der Waals surface area contributed by atoms with Crippen molar-refractivity contribution in [3.63, 3.8) is 0 Å². The Balaban J connectivity index is 1.86. The zero-order valence-corrected chi connectivity index (χ0v) is 20.5. The van der Waals surface area contributed by atoms with Crippen molar-refractivity contribution in [3.05, 3.63) is 77.0 Å². The van der Waals surface area contributed by atoms with Gasteiger partial charge in [0.2, 0.25) is 5.69 Å². The van der Waals surface area contributed by atoms with E-state index in [1.165, 1.54) is 69.8 Å². The van der Waals surface area contributed by atoms with Crippen LogP contribution in [-0.2, 0) is 12.5 Å². The zero-order chi connectivity index (χ0) is 23.5. The molecular formula is C31H36N+. The molecule has 0 atom stereocenters. The van der Waals surface area contributed by atoms with Crippen LogP contribution in [-0.4, -0.2) is 0 Å². The molecule has 1 fully saturated rings. The highest BCUT2D eigenvalue weighted by atomic mass is 14.9. The molecule has 1 aliphatic rings. The molecule has 5 rings (SSSR count). The fourth-order valence-corrected chi connectivity index (χ4v) is 5.72. The molecule has 1 heterocycles. The summed E-state index contributed by atoms with van der Waals surface area (Å²) in [6, 6.07) is 18.8. The molecule has 1 saturated carbocycles. The fourth-order valence-electron chi connectivity index (χ4n) is 5.72. The minimum Gasteiger partial charge on any atom is -0.198 e. The van der Waals surface area contributed by atoms with Crippen LogP contribution < -0.4 is 4.57 Å². The zero-order valence-electron chi connectivity index (χ0n) is 21.5. The van der Waals surface area contributed by atoms with Gasteiger partial charge in [0.05, 0.1) is 12.3 Å². The Kier molecular flexibility index (Phi) is 4.82. The first-order valence-corrected chi connectivity index (χ1v) is 12.1. The van der Waals surface area contributed by atoms with Gasteiger partial charge in [0, 0.05) is 13.0 Å². The van der Waals surface area contributed by atoms with Crippen LogP contribution in [0.5, 0.6) is 0 Å². The lowest BCUT2D eigenvalue weighted by molar-refractivity contribution is -0.665. The van der Waals surface area contributed by atoms with Crippen LogP contribution in [0.15, 0.2) is 54.6 Å². The van der Waals surface area contributed by atoms with Gasteiger partial charge in [0.15, 0.2) is 5.69 Å². The molecular weight excluding hydrogens is 386 g/mol. The molecule has 0 amide bonds. The number of hydrogen-bond donors (Lipinski definition) is 0. The smallest absolute Gasteiger partial charge is 0.198 e. The Morgan fingerprint density at radius 2 is 1.59 bits per heavy atom. The summed E-state index contributed by atoms with van der Waals surface area (Å²) in [7, 11) is 2.12. The molecule has 164 valence electrons. The Hall–Kier alpha value is -2.67. The van der Waals surface area contributed by atoms with Crippen LogP contribution in [0.2, 0.25) is 0 Å². The second-order valence-corrected chi connectivity index (χ2v) is 10.8. The van der Waals surface area contributed by atoms with Crippen molar-refractivity contribution in [3.8, 4) is 11.3 Å². The summed E-state index contributed by atoms with van der Waals surface area (Å²) in [5.41, 5.74) is 7.67. The summed E-state index contributed by atoms with van der Waals surface area (Å²) < 4.78 is 11.2. The van der Waals surface area contributed by atoms with Gasteiger partial charge in [-0.25, -0.2) is 0 Å². The maximum atomic E-state index is 8.96. The van der Waals surface area contributed by atoms with Gasteiger partial charge in [0.25, 0.3) is 0 Å². The van der Waals surface area contributed by atoms with Crippen molar-refractivity contribution < 1.29 is 5.94 Å². The summed E-state index contributed by atoms with van der Waals surface area (Å²) in [5.74, 6) is 0.654. The van der Waals surface area contributed by atoms with Crippen LogP contribution in [0, 0.1) is 13.8 Å². The number of pyridine rings is 1. The lowest BCUT2D eigenvalue weighted by Gasteiger charge is -2.24. The summed E-state index contributed by atoms with van der Waals surface area (Å²) >= 11 is 0. The van der Waals surface area contributed by atoms with Gasteiger partial charge in [-0.1, -0.05) is 70.0 Å². The molecule has 0 N–H and O–H groups in total. The summed E-state index contributed by atoms with van der Waals surface area (Å²) in [4.78, 5) is 0. The molecule has 0 aliphatic heterocycles. The largest absolute Gasteiger partial charge is 0.220 e. The van der Waals surface area contributed by atoms with E-state index in [0.717, 1.165) is 11.1 Å². The highest BCUT2D eigenvalue weighted by Crippen LogP contribution is 2.40. The van der Waals surface area contributed by atoms with E-state index in [1.54, 1.807) is 0 Å². The maximum Gasteiger partial charge on any atom is 0.220 e. The molecule has 0 spiro atoms. The maximum absolute atomic E-state index is 8.96. The second-order valence-electron chi connectivity index (χ2n) is 10.8. The van der Waals surface area contributed by atoms with Crippen LogP contribution in [0.25, 0.3) is 32.8 Å². The third-order valence-electron chi connectivity index (χ3n) is 7.66. The molecule has 1 nitrogen and oxygen atoms in total. The van der Waals surface area contributed by atoms with Gasteiger partial charge in [-0.05, 0) is 76.1 Å². The van der Waals surface area contributed by atoms with Gasteiger partial charge in [0.1, 0.15) is 7.05 Å². The van der Waals surface area contributed by atoms with Gasteiger partial charge in [-0.3, -0.25) is 0 Å². The molecule has 32 heavy (non-hydrogen) atoms. The third kappa shape index (κ3) is 3.43. The van der Waals surface area contributed by atoms with E-state index in [9.17, 15) is 0 Å². The molecule has 0 unspecified atom stereocenters. The van der Waals surface area contributed by atoms with Gasteiger partial charge >= 0.3 is 0 Å². The lowest BCUT2D eigenvalue weighted by atomic mass is 9.80. The second kappa shape index (κ2) is 7.73. The lowest BCUT2D eigenvalue weighted by Crippen LogP contribution is -2.35. The number of hydrogen-bond acceptors (Lipinski definition) is 0. The standard InChI is InChI=1S/C31H36N/c1-20-17-24-18-23(22-11-7-8-12-22)15-16-26(24)30(32(20)6)28-19-29(31(3,4)5)27-14-10-9-13-25(27)21(28)2/h9-10,13-19,22H,7-8,11-12H2,1-6H3/q+1/i17D. The Morgan fingerprint density at radius 1 is 0.906 bits per heavy atom. The molecule has 1 aromatic heterocycles. The average molecular weight is 424 g/mol. The first kappa shape index (κ1) is 20.0. The molecule has 1 heteroatoms. The SMILES string of the molecule is [2H]c1c(C)[n+](C)c(-c2cc(C(C)(C)C)c3ccccc3c2C)c2ccc(C3CCCC3)cc12. The van der Waals surface area contributed by atoms with E-state index in [1.807, 2.05) is 0 Å². The number of benzene rings is 3. The van der Waals surface area contributed by atoms with Crippen molar-refractivity contribution >= 4 is 21.5 Å². The number of fused-ring (bicyclic) bond motifs is 2. The highest BCUT2D eigenvalue weighted by molar-refractivity contribution is 6.00. The third-order valence-corrected chi connectivity index (χ3v) is 7.66. The monoisotopic (exact) mass is 423 g/mol.